The standard InChI is InChI=1S/C61H118O6/c1-7-57(6)49-43-37-31-25-19-15-12-13-17-21-27-34-40-46-52-61(64)67-58(54-66-60(63)51-45-39-33-28-22-24-30-36-42-48-56(4)5)53-65-59(62)50-44-38-32-26-20-16-11-9-8-10-14-18-23-29-35-41-47-55(2)3/h55-58H,7-54H2,1-6H3/t57?,58-/m0/s1. The van der Waals surface area contributed by atoms with Crippen LogP contribution >= 0.6 is 0 Å². The van der Waals surface area contributed by atoms with Crippen molar-refractivity contribution >= 4 is 17.9 Å². The third-order valence-electron chi connectivity index (χ3n) is 14.3. The molecular formula is C61H118O6. The van der Waals surface area contributed by atoms with Crippen molar-refractivity contribution in [3.8, 4) is 0 Å². The first kappa shape index (κ1) is 65.4. The molecular weight excluding hydrogens is 829 g/mol. The van der Waals surface area contributed by atoms with Crippen LogP contribution in [0.3, 0.4) is 0 Å². The first-order valence-electron chi connectivity index (χ1n) is 30.1. The molecule has 0 spiro atoms. The number of ether oxygens (including phenoxy) is 3. The summed E-state index contributed by atoms with van der Waals surface area (Å²) in [5.74, 6) is 1.71. The molecule has 0 saturated heterocycles. The minimum atomic E-state index is -0.764. The van der Waals surface area contributed by atoms with E-state index in [-0.39, 0.29) is 31.1 Å². The third-order valence-corrected chi connectivity index (χ3v) is 14.3. The zero-order valence-corrected chi connectivity index (χ0v) is 46.2. The summed E-state index contributed by atoms with van der Waals surface area (Å²) in [6.07, 6.45) is 55.2. The van der Waals surface area contributed by atoms with Crippen LogP contribution in [0, 0.1) is 17.8 Å². The number of unbranched alkanes of at least 4 members (excludes halogenated alkanes) is 36. The molecule has 0 aromatic carbocycles. The highest BCUT2D eigenvalue weighted by Crippen LogP contribution is 2.19. The molecule has 0 aliphatic rings. The number of rotatable bonds is 54. The predicted molar refractivity (Wildman–Crippen MR) is 289 cm³/mol. The zero-order valence-electron chi connectivity index (χ0n) is 46.2. The molecule has 67 heavy (non-hydrogen) atoms. The molecule has 398 valence electrons. The van der Waals surface area contributed by atoms with E-state index in [0.717, 1.165) is 75.5 Å². The van der Waals surface area contributed by atoms with Gasteiger partial charge in [-0.2, -0.15) is 0 Å². The van der Waals surface area contributed by atoms with Crippen molar-refractivity contribution in [2.75, 3.05) is 13.2 Å². The second-order valence-corrected chi connectivity index (χ2v) is 22.2. The zero-order chi connectivity index (χ0) is 49.1. The Bertz CT molecular complexity index is 1040. The van der Waals surface area contributed by atoms with Gasteiger partial charge >= 0.3 is 17.9 Å². The van der Waals surface area contributed by atoms with E-state index in [4.69, 9.17) is 14.2 Å². The van der Waals surface area contributed by atoms with Crippen LogP contribution in [0.4, 0.5) is 0 Å². The Labute approximate surface area is 418 Å². The summed E-state index contributed by atoms with van der Waals surface area (Å²) in [5.41, 5.74) is 0. The molecule has 0 N–H and O–H groups in total. The lowest BCUT2D eigenvalue weighted by Crippen LogP contribution is -2.30. The lowest BCUT2D eigenvalue weighted by Gasteiger charge is -2.18. The van der Waals surface area contributed by atoms with E-state index >= 15 is 0 Å². The monoisotopic (exact) mass is 947 g/mol. The molecule has 0 bridgehead atoms. The van der Waals surface area contributed by atoms with E-state index in [1.54, 1.807) is 0 Å². The number of hydrogen-bond donors (Lipinski definition) is 0. The summed E-state index contributed by atoms with van der Waals surface area (Å²) in [6, 6.07) is 0. The SMILES string of the molecule is CCC(C)CCCCCCCCCCCCCCCCC(=O)O[C@@H](COC(=O)CCCCCCCCCCCCCCCCCCC(C)C)COC(=O)CCCCCCCCCCCC(C)C. The third kappa shape index (κ3) is 53.6. The average molecular weight is 948 g/mol. The minimum absolute atomic E-state index is 0.0633. The van der Waals surface area contributed by atoms with Crippen LogP contribution in [-0.4, -0.2) is 37.2 Å². The van der Waals surface area contributed by atoms with Crippen molar-refractivity contribution in [2.45, 2.75) is 343 Å². The molecule has 2 atom stereocenters. The largest absolute Gasteiger partial charge is 0.462 e. The molecule has 0 aromatic heterocycles. The van der Waals surface area contributed by atoms with Crippen molar-refractivity contribution in [1.82, 2.24) is 0 Å². The summed E-state index contributed by atoms with van der Waals surface area (Å²) in [5, 5.41) is 0. The van der Waals surface area contributed by atoms with E-state index in [0.29, 0.717) is 19.3 Å². The fourth-order valence-corrected chi connectivity index (χ4v) is 9.32. The Morgan fingerprint density at radius 2 is 0.522 bits per heavy atom. The highest BCUT2D eigenvalue weighted by Gasteiger charge is 2.19. The van der Waals surface area contributed by atoms with Gasteiger partial charge in [-0.25, -0.2) is 0 Å². The summed E-state index contributed by atoms with van der Waals surface area (Å²) in [7, 11) is 0. The van der Waals surface area contributed by atoms with E-state index in [2.05, 4.69) is 41.5 Å². The maximum Gasteiger partial charge on any atom is 0.306 e. The molecule has 6 heteroatoms. The lowest BCUT2D eigenvalue weighted by molar-refractivity contribution is -0.167. The van der Waals surface area contributed by atoms with Gasteiger partial charge in [-0.3, -0.25) is 14.4 Å². The molecule has 0 aliphatic carbocycles. The minimum Gasteiger partial charge on any atom is -0.462 e. The van der Waals surface area contributed by atoms with Gasteiger partial charge < -0.3 is 14.2 Å². The van der Waals surface area contributed by atoms with Crippen LogP contribution in [-0.2, 0) is 28.6 Å². The molecule has 0 aromatic rings. The van der Waals surface area contributed by atoms with Crippen molar-refractivity contribution in [2.24, 2.45) is 17.8 Å². The Hall–Kier alpha value is -1.59. The Kier molecular flexibility index (Phi) is 51.0. The van der Waals surface area contributed by atoms with Gasteiger partial charge in [0, 0.05) is 19.3 Å². The quantitative estimate of drug-likeness (QED) is 0.0343. The fraction of sp³-hybridized carbons (Fsp3) is 0.951. The van der Waals surface area contributed by atoms with Crippen molar-refractivity contribution in [1.29, 1.82) is 0 Å². The highest BCUT2D eigenvalue weighted by atomic mass is 16.6. The van der Waals surface area contributed by atoms with E-state index in [1.165, 1.54) is 218 Å². The van der Waals surface area contributed by atoms with Crippen LogP contribution in [0.5, 0.6) is 0 Å². The first-order valence-corrected chi connectivity index (χ1v) is 30.1. The van der Waals surface area contributed by atoms with Gasteiger partial charge in [0.1, 0.15) is 13.2 Å². The maximum atomic E-state index is 12.9. The lowest BCUT2D eigenvalue weighted by atomic mass is 9.99. The Morgan fingerprint density at radius 1 is 0.299 bits per heavy atom. The van der Waals surface area contributed by atoms with Gasteiger partial charge in [0.15, 0.2) is 6.10 Å². The summed E-state index contributed by atoms with van der Waals surface area (Å²) < 4.78 is 16.9. The predicted octanol–water partition coefficient (Wildman–Crippen LogP) is 19.9. The van der Waals surface area contributed by atoms with Gasteiger partial charge in [-0.1, -0.05) is 298 Å². The van der Waals surface area contributed by atoms with Crippen LogP contribution in [0.1, 0.15) is 337 Å². The number of carbonyl (C=O) groups excluding carboxylic acids is 3. The average Bonchev–Trinajstić information content (AvgIpc) is 3.30. The van der Waals surface area contributed by atoms with E-state index < -0.39 is 6.10 Å². The fourth-order valence-electron chi connectivity index (χ4n) is 9.32. The molecule has 0 rings (SSSR count). The van der Waals surface area contributed by atoms with Crippen molar-refractivity contribution in [3.05, 3.63) is 0 Å². The molecule has 1 unspecified atom stereocenters. The normalized spacial score (nSPS) is 12.5. The van der Waals surface area contributed by atoms with Crippen LogP contribution in [0.25, 0.3) is 0 Å². The van der Waals surface area contributed by atoms with E-state index in [9.17, 15) is 14.4 Å². The van der Waals surface area contributed by atoms with Gasteiger partial charge in [0.25, 0.3) is 0 Å². The van der Waals surface area contributed by atoms with Crippen LogP contribution < -0.4 is 0 Å². The van der Waals surface area contributed by atoms with E-state index in [1.807, 2.05) is 0 Å². The molecule has 0 amide bonds. The van der Waals surface area contributed by atoms with Gasteiger partial charge in [-0.15, -0.1) is 0 Å². The first-order chi connectivity index (χ1) is 32.6. The Balaban J connectivity index is 4.27. The number of carbonyl (C=O) groups is 3. The molecule has 0 aliphatic heterocycles. The van der Waals surface area contributed by atoms with Crippen molar-refractivity contribution < 1.29 is 28.6 Å². The Morgan fingerprint density at radius 3 is 0.776 bits per heavy atom. The molecule has 0 fully saturated rings. The number of hydrogen-bond acceptors (Lipinski definition) is 6. The summed E-state index contributed by atoms with van der Waals surface area (Å²) >= 11 is 0. The maximum absolute atomic E-state index is 12.9. The topological polar surface area (TPSA) is 78.9 Å². The van der Waals surface area contributed by atoms with Gasteiger partial charge in [-0.05, 0) is 37.0 Å². The van der Waals surface area contributed by atoms with Crippen LogP contribution in [0.2, 0.25) is 0 Å². The smallest absolute Gasteiger partial charge is 0.306 e. The van der Waals surface area contributed by atoms with Gasteiger partial charge in [0.05, 0.1) is 0 Å². The van der Waals surface area contributed by atoms with Gasteiger partial charge in [0.2, 0.25) is 0 Å². The summed E-state index contributed by atoms with van der Waals surface area (Å²) in [6.45, 7) is 13.8. The summed E-state index contributed by atoms with van der Waals surface area (Å²) in [4.78, 5) is 38.2. The highest BCUT2D eigenvalue weighted by molar-refractivity contribution is 5.71. The molecule has 0 saturated carbocycles. The molecule has 0 heterocycles. The van der Waals surface area contributed by atoms with Crippen molar-refractivity contribution in [3.63, 3.8) is 0 Å². The van der Waals surface area contributed by atoms with Crippen LogP contribution in [0.15, 0.2) is 0 Å². The molecule has 6 nitrogen and oxygen atoms in total. The molecule has 0 radical (unpaired) electrons. The second kappa shape index (κ2) is 52.2. The number of esters is 3. The second-order valence-electron chi connectivity index (χ2n) is 22.2.